The summed E-state index contributed by atoms with van der Waals surface area (Å²) in [6.45, 7) is 4.08. The highest BCUT2D eigenvalue weighted by atomic mass is 16.5. The second-order valence-electron chi connectivity index (χ2n) is 4.59. The van der Waals surface area contributed by atoms with Crippen molar-refractivity contribution in [1.29, 1.82) is 0 Å². The topological polar surface area (TPSA) is 49.8 Å². The lowest BCUT2D eigenvalue weighted by Gasteiger charge is -2.25. The molecule has 1 aliphatic heterocycles. The van der Waals surface area contributed by atoms with Crippen molar-refractivity contribution in [3.05, 3.63) is 0 Å². The zero-order valence-corrected chi connectivity index (χ0v) is 10.3. The Bertz CT molecular complexity index is 220. The highest BCUT2D eigenvalue weighted by Crippen LogP contribution is 2.19. The normalized spacial score (nSPS) is 25.2. The Hall–Kier alpha value is -0.610. The van der Waals surface area contributed by atoms with Gasteiger partial charge in [-0.15, -0.1) is 0 Å². The summed E-state index contributed by atoms with van der Waals surface area (Å²) < 4.78 is 5.26. The van der Waals surface area contributed by atoms with Crippen molar-refractivity contribution in [3.8, 4) is 0 Å². The molecular weight excluding hydrogens is 206 g/mol. The molecule has 0 aromatic rings. The van der Waals surface area contributed by atoms with E-state index in [1.54, 1.807) is 0 Å². The van der Waals surface area contributed by atoms with E-state index in [0.29, 0.717) is 13.2 Å². The quantitative estimate of drug-likeness (QED) is 0.674. The van der Waals surface area contributed by atoms with Gasteiger partial charge in [0.2, 0.25) is 0 Å². The van der Waals surface area contributed by atoms with Gasteiger partial charge in [-0.25, -0.2) is 0 Å². The fraction of sp³-hybridized carbons (Fsp3) is 0.917. The summed E-state index contributed by atoms with van der Waals surface area (Å²) in [6.07, 6.45) is 4.87. The summed E-state index contributed by atoms with van der Waals surface area (Å²) >= 11 is 0. The van der Waals surface area contributed by atoms with Crippen LogP contribution in [0.25, 0.3) is 0 Å². The van der Waals surface area contributed by atoms with Crippen LogP contribution >= 0.6 is 0 Å². The van der Waals surface area contributed by atoms with Crippen molar-refractivity contribution >= 4 is 5.97 Å². The zero-order chi connectivity index (χ0) is 12.0. The van der Waals surface area contributed by atoms with Crippen molar-refractivity contribution in [2.75, 3.05) is 26.8 Å². The third kappa shape index (κ3) is 3.76. The Morgan fingerprint density at radius 1 is 1.38 bits per heavy atom. The number of carbonyl (C=O) groups is 1. The molecule has 2 atom stereocenters. The van der Waals surface area contributed by atoms with E-state index in [1.807, 2.05) is 7.05 Å². The number of rotatable bonds is 7. The van der Waals surface area contributed by atoms with E-state index in [2.05, 4.69) is 11.8 Å². The molecule has 0 saturated carbocycles. The van der Waals surface area contributed by atoms with E-state index in [9.17, 15) is 4.79 Å². The molecule has 1 rings (SSSR count). The van der Waals surface area contributed by atoms with Gasteiger partial charge >= 0.3 is 5.97 Å². The SMILES string of the molecule is CCCCCCN(C)C1COCC1C(=O)O. The molecule has 0 spiro atoms. The van der Waals surface area contributed by atoms with Gasteiger partial charge in [0.1, 0.15) is 0 Å². The summed E-state index contributed by atoms with van der Waals surface area (Å²) in [5.74, 6) is -1.08. The van der Waals surface area contributed by atoms with E-state index in [-0.39, 0.29) is 12.0 Å². The molecule has 1 fully saturated rings. The van der Waals surface area contributed by atoms with Crippen LogP contribution in [-0.4, -0.2) is 48.8 Å². The number of nitrogens with zero attached hydrogens (tertiary/aromatic N) is 1. The van der Waals surface area contributed by atoms with Crippen LogP contribution in [0.5, 0.6) is 0 Å². The van der Waals surface area contributed by atoms with Gasteiger partial charge in [0.25, 0.3) is 0 Å². The van der Waals surface area contributed by atoms with Crippen LogP contribution in [0.1, 0.15) is 32.6 Å². The van der Waals surface area contributed by atoms with Gasteiger partial charge in [-0.2, -0.15) is 0 Å². The Labute approximate surface area is 97.6 Å². The van der Waals surface area contributed by atoms with Gasteiger partial charge in [-0.1, -0.05) is 26.2 Å². The predicted octanol–water partition coefficient (Wildman–Crippen LogP) is 1.60. The third-order valence-electron chi connectivity index (χ3n) is 3.30. The van der Waals surface area contributed by atoms with Gasteiger partial charge in [0.15, 0.2) is 0 Å². The smallest absolute Gasteiger partial charge is 0.310 e. The summed E-state index contributed by atoms with van der Waals surface area (Å²) in [4.78, 5) is 13.1. The van der Waals surface area contributed by atoms with Crippen molar-refractivity contribution in [3.63, 3.8) is 0 Å². The van der Waals surface area contributed by atoms with E-state index >= 15 is 0 Å². The number of aliphatic carboxylic acids is 1. The van der Waals surface area contributed by atoms with E-state index in [4.69, 9.17) is 9.84 Å². The van der Waals surface area contributed by atoms with Crippen LogP contribution in [-0.2, 0) is 9.53 Å². The summed E-state index contributed by atoms with van der Waals surface area (Å²) in [7, 11) is 2.00. The largest absolute Gasteiger partial charge is 0.481 e. The van der Waals surface area contributed by atoms with Gasteiger partial charge in [0, 0.05) is 6.04 Å². The number of hydrogen-bond acceptors (Lipinski definition) is 3. The molecule has 1 saturated heterocycles. The van der Waals surface area contributed by atoms with Gasteiger partial charge in [-0.05, 0) is 20.0 Å². The van der Waals surface area contributed by atoms with Crippen LogP contribution in [0.4, 0.5) is 0 Å². The van der Waals surface area contributed by atoms with Crippen molar-refractivity contribution < 1.29 is 14.6 Å². The first kappa shape index (κ1) is 13.5. The molecule has 16 heavy (non-hydrogen) atoms. The molecule has 0 aliphatic carbocycles. The first-order valence-electron chi connectivity index (χ1n) is 6.17. The second-order valence-corrected chi connectivity index (χ2v) is 4.59. The molecule has 0 aromatic heterocycles. The fourth-order valence-corrected chi connectivity index (χ4v) is 2.17. The maximum atomic E-state index is 11.0. The number of ether oxygens (including phenoxy) is 1. The van der Waals surface area contributed by atoms with Crippen LogP contribution in [0.2, 0.25) is 0 Å². The fourth-order valence-electron chi connectivity index (χ4n) is 2.17. The number of unbranched alkanes of at least 4 members (excludes halogenated alkanes) is 3. The van der Waals surface area contributed by atoms with Gasteiger partial charge < -0.3 is 14.7 Å². The molecule has 0 amide bonds. The molecule has 1 aliphatic rings. The van der Waals surface area contributed by atoms with Gasteiger partial charge in [0.05, 0.1) is 19.1 Å². The van der Waals surface area contributed by atoms with Crippen LogP contribution in [0.15, 0.2) is 0 Å². The van der Waals surface area contributed by atoms with Crippen molar-refractivity contribution in [1.82, 2.24) is 4.90 Å². The first-order valence-corrected chi connectivity index (χ1v) is 6.17. The minimum atomic E-state index is -0.733. The Balaban J connectivity index is 2.29. The highest BCUT2D eigenvalue weighted by Gasteiger charge is 2.36. The van der Waals surface area contributed by atoms with Crippen molar-refractivity contribution in [2.45, 2.75) is 38.6 Å². The molecule has 0 aromatic carbocycles. The van der Waals surface area contributed by atoms with E-state index in [0.717, 1.165) is 13.0 Å². The maximum Gasteiger partial charge on any atom is 0.310 e. The summed E-state index contributed by atoms with van der Waals surface area (Å²) in [6, 6.07) is 0.0547. The average molecular weight is 229 g/mol. The standard InChI is InChI=1S/C12H23NO3/c1-3-4-5-6-7-13(2)11-9-16-8-10(11)12(14)15/h10-11H,3-9H2,1-2H3,(H,14,15). The lowest BCUT2D eigenvalue weighted by atomic mass is 10.0. The Morgan fingerprint density at radius 3 is 2.75 bits per heavy atom. The van der Waals surface area contributed by atoms with E-state index < -0.39 is 5.97 Å². The molecule has 2 unspecified atom stereocenters. The first-order chi connectivity index (χ1) is 7.66. The van der Waals surface area contributed by atoms with Crippen LogP contribution in [0, 0.1) is 5.92 Å². The monoisotopic (exact) mass is 229 g/mol. The lowest BCUT2D eigenvalue weighted by Crippen LogP contribution is -2.41. The summed E-state index contributed by atoms with van der Waals surface area (Å²) in [5.41, 5.74) is 0. The number of hydrogen-bond donors (Lipinski definition) is 1. The Kier molecular flexibility index (Phi) is 5.77. The number of carboxylic acid groups (broad SMARTS) is 1. The summed E-state index contributed by atoms with van der Waals surface area (Å²) in [5, 5.41) is 9.04. The van der Waals surface area contributed by atoms with Gasteiger partial charge in [-0.3, -0.25) is 4.79 Å². The number of carboxylic acids is 1. The highest BCUT2D eigenvalue weighted by molar-refractivity contribution is 5.71. The van der Waals surface area contributed by atoms with Crippen molar-refractivity contribution in [2.24, 2.45) is 5.92 Å². The van der Waals surface area contributed by atoms with E-state index in [1.165, 1.54) is 19.3 Å². The average Bonchev–Trinajstić information content (AvgIpc) is 2.73. The maximum absolute atomic E-state index is 11.0. The molecule has 94 valence electrons. The van der Waals surface area contributed by atoms with Crippen LogP contribution < -0.4 is 0 Å². The second kappa shape index (κ2) is 6.86. The minimum absolute atomic E-state index is 0.0547. The molecule has 1 N–H and O–H groups in total. The molecular formula is C12H23NO3. The lowest BCUT2D eigenvalue weighted by molar-refractivity contribution is -0.143. The Morgan fingerprint density at radius 2 is 2.12 bits per heavy atom. The molecule has 1 heterocycles. The molecule has 4 nitrogen and oxygen atoms in total. The minimum Gasteiger partial charge on any atom is -0.481 e. The molecule has 0 radical (unpaired) electrons. The number of likely N-dealkylation sites (N-methyl/N-ethyl adjacent to an activating group) is 1. The molecule has 0 bridgehead atoms. The predicted molar refractivity (Wildman–Crippen MR) is 62.5 cm³/mol. The molecule has 4 heteroatoms. The zero-order valence-electron chi connectivity index (χ0n) is 10.3. The van der Waals surface area contributed by atoms with Crippen LogP contribution in [0.3, 0.4) is 0 Å². The third-order valence-corrected chi connectivity index (χ3v) is 3.30.